The van der Waals surface area contributed by atoms with E-state index in [1.807, 2.05) is 74.5 Å². The fourth-order valence-electron chi connectivity index (χ4n) is 4.42. The van der Waals surface area contributed by atoms with Crippen LogP contribution in [0.5, 0.6) is 0 Å². The van der Waals surface area contributed by atoms with Gasteiger partial charge in [0.2, 0.25) is 0 Å². The maximum absolute atomic E-state index is 12.6. The van der Waals surface area contributed by atoms with Crippen molar-refractivity contribution < 1.29 is 118 Å². The van der Waals surface area contributed by atoms with E-state index in [9.17, 15) is 28.8 Å². The molecule has 15 nitrogen and oxygen atoms in total. The lowest BCUT2D eigenvalue weighted by atomic mass is 10.1. The molecule has 2 N–H and O–H groups in total. The zero-order chi connectivity index (χ0) is 79.9. The monoisotopic (exact) mass is 880 g/mol. The summed E-state index contributed by atoms with van der Waals surface area (Å²) in [4.78, 5) is 72.7. The Balaban J connectivity index is -0.0000000400. The van der Waals surface area contributed by atoms with Crippen molar-refractivity contribution >= 4 is 36.1 Å². The van der Waals surface area contributed by atoms with Gasteiger partial charge in [-0.3, -0.25) is 9.80 Å². The van der Waals surface area contributed by atoms with E-state index in [0.29, 0.717) is 25.7 Å². The predicted molar refractivity (Wildman–Crippen MR) is 253 cm³/mol. The van der Waals surface area contributed by atoms with Crippen molar-refractivity contribution in [3.63, 3.8) is 0 Å². The van der Waals surface area contributed by atoms with E-state index in [2.05, 4.69) is 0 Å². The van der Waals surface area contributed by atoms with Gasteiger partial charge in [0, 0.05) is 69.0 Å². The lowest BCUT2D eigenvalue weighted by Gasteiger charge is -2.29. The first-order valence-corrected chi connectivity index (χ1v) is 18.9. The molecule has 2 aromatic carbocycles. The molecule has 0 radical (unpaired) electrons. The van der Waals surface area contributed by atoms with Gasteiger partial charge in [-0.25, -0.2) is 28.8 Å². The van der Waals surface area contributed by atoms with Crippen molar-refractivity contribution in [1.82, 2.24) is 9.80 Å². The second kappa shape index (κ2) is 25.9. The summed E-state index contributed by atoms with van der Waals surface area (Å²) in [6.45, 7) is 17.4. The summed E-state index contributed by atoms with van der Waals surface area (Å²) in [5.74, 6) is -2.91. The topological polar surface area (TPSA) is 196 Å². The number of hydrogen-bond donors (Lipinski definition) is 2. The van der Waals surface area contributed by atoms with Crippen LogP contribution in [0, 0.1) is 0 Å². The van der Waals surface area contributed by atoms with Crippen LogP contribution < -0.4 is 0 Å². The van der Waals surface area contributed by atoms with Crippen molar-refractivity contribution in [1.29, 1.82) is 0 Å². The van der Waals surface area contributed by atoms with Crippen LogP contribution in [0.4, 0.5) is 9.59 Å². The maximum Gasteiger partial charge on any atom is 0.410 e. The number of ether oxygens (including phenoxy) is 5. The van der Waals surface area contributed by atoms with Crippen molar-refractivity contribution in [3.8, 4) is 0 Å². The Kier molecular flexibility index (Phi) is 12.8. The summed E-state index contributed by atoms with van der Waals surface area (Å²) in [6, 6.07) is 16.9. The smallest absolute Gasteiger partial charge is 0.410 e. The maximum atomic E-state index is 12.6. The van der Waals surface area contributed by atoms with Gasteiger partial charge in [0.25, 0.3) is 0 Å². The summed E-state index contributed by atoms with van der Waals surface area (Å²) in [7, 11) is 2.93. The number of hydrogen-bond acceptors (Lipinski definition) is 12. The van der Waals surface area contributed by atoms with Gasteiger partial charge in [-0.1, -0.05) is 87.4 Å². The third-order valence-corrected chi connectivity index (χ3v) is 7.39. The molecular weight excluding hydrogens is 740 g/mol. The molecule has 57 heavy (non-hydrogen) atoms. The zero-order valence-electron chi connectivity index (χ0n) is 71.6. The molecule has 0 aliphatic heterocycles. The number of aliphatic hydroxyl groups excluding tert-OH is 1. The van der Waals surface area contributed by atoms with E-state index in [1.54, 1.807) is 41.5 Å². The van der Waals surface area contributed by atoms with Crippen molar-refractivity contribution in [2.24, 2.45) is 0 Å². The molecule has 0 aliphatic rings. The van der Waals surface area contributed by atoms with Crippen LogP contribution in [0.15, 0.2) is 60.7 Å². The van der Waals surface area contributed by atoms with E-state index in [0.717, 1.165) is 16.0 Å². The van der Waals surface area contributed by atoms with Crippen LogP contribution in [-0.4, -0.2) is 106 Å². The van der Waals surface area contributed by atoms with E-state index in [-0.39, 0.29) is 14.6 Å². The molecule has 0 bridgehead atoms. The predicted octanol–water partition coefficient (Wildman–Crippen LogP) is 11.6. The van der Waals surface area contributed by atoms with Gasteiger partial charge in [0.15, 0.2) is 6.10 Å². The molecule has 0 saturated carbocycles. The lowest BCUT2D eigenvalue weighted by Crippen LogP contribution is -2.46. The first-order valence-electron chi connectivity index (χ1n) is 36.9. The van der Waals surface area contributed by atoms with Gasteiger partial charge in [-0.15, -0.1) is 0 Å². The molecule has 358 valence electrons. The van der Waals surface area contributed by atoms with Crippen LogP contribution >= 0.6 is 0 Å². The van der Waals surface area contributed by atoms with E-state index in [4.69, 9.17) is 87.4 Å². The minimum atomic E-state index is -1.08. The number of nitrogens with zero attached hydrogens (tertiary/aromatic N) is 2. The second-order valence-electron chi connectivity index (χ2n) is 15.1. The number of carboxylic acids is 1. The average molecular weight is 881 g/mol. The van der Waals surface area contributed by atoms with Gasteiger partial charge in [0.05, 0.1) is 0 Å². The fraction of sp³-hybridized carbons (Fsp3) is 0.571. The van der Waals surface area contributed by atoms with Gasteiger partial charge in [-0.05, 0) is 79.4 Å². The highest BCUT2D eigenvalue weighted by Crippen LogP contribution is 2.16. The third kappa shape index (κ3) is 22.8. The molecule has 15 heteroatoms. The molecule has 0 aromatic heterocycles. The summed E-state index contributed by atoms with van der Waals surface area (Å²) in [6.07, 6.45) is -1.20. The van der Waals surface area contributed by atoms with Crippen LogP contribution in [0.1, 0.15) is 161 Å². The Morgan fingerprint density at radius 3 is 1.37 bits per heavy atom. The average Bonchev–Trinajstić information content (AvgIpc) is 0.930. The Labute approximate surface area is 394 Å². The summed E-state index contributed by atoms with van der Waals surface area (Å²) in [5, 5.41) is 17.8. The Bertz CT molecular complexity index is 1610. The van der Waals surface area contributed by atoms with Gasteiger partial charge in [-0.2, -0.15) is 0 Å². The first kappa shape index (κ1) is 28.3. The summed E-state index contributed by atoms with van der Waals surface area (Å²) >= 11 is 0. The van der Waals surface area contributed by atoms with Crippen LogP contribution in [-0.2, 0) is 56.1 Å². The molecule has 0 unspecified atom stereocenters. The molecule has 0 saturated heterocycles. The molecular formula is C42H102N2O13. The molecule has 0 fully saturated rings. The summed E-state index contributed by atoms with van der Waals surface area (Å²) < 4.78 is 206. The number of esters is 3. The van der Waals surface area contributed by atoms with Gasteiger partial charge in [0.1, 0.15) is 42.6 Å². The van der Waals surface area contributed by atoms with Gasteiger partial charge < -0.3 is 33.9 Å². The lowest BCUT2D eigenvalue weighted by molar-refractivity contribution is -0.170. The highest BCUT2D eigenvalue weighted by Gasteiger charge is 2.33. The number of rotatable bonds is 15. The highest BCUT2D eigenvalue weighted by molar-refractivity contribution is 5.84. The standard InChI is InChI=1S/C21H31NO6.C11H21NO4.C10H12O3.19H2/c1-7-11-17(22(6)20(25)28-21(3,4)5)19(24)27-15(2)18(23)26-14-16-12-9-8-10-13-16;1-6-7-8(9(13)14)12(5)10(15)16-11(2,3)4;1-8(11)10(12)13-7-9-5-3-2-4-6-9;;;;;;;;;;;;;;;;;;;/h8-10,12-13,15,17H,7,11,14H2,1-6H3;8H,6-7H2,1-5H3,(H,13,14);2-6,8,11H,7H2,1H3;19*1H/t15-,17+;2*8-;;;;;;;;;;;;;;;;;;;/m100.................../s1/i;;;18*1+1D;1+1. The molecule has 0 spiro atoms. The number of carboxylic acid groups (broad SMARTS) is 1. The fourth-order valence-corrected chi connectivity index (χ4v) is 4.42. The Hall–Kier alpha value is -5.18. The number of carbonyl (C=O) groups is 6. The normalized spacial score (nSPS) is 15.5. The van der Waals surface area contributed by atoms with Crippen LogP contribution in [0.25, 0.3) is 0 Å². The van der Waals surface area contributed by atoms with Crippen LogP contribution in [0.2, 0.25) is 0 Å². The summed E-state index contributed by atoms with van der Waals surface area (Å²) in [5.41, 5.74) is 0.459. The largest absolute Gasteiger partial charge is 0.480 e. The number of likely N-dealkylation sites (N-methyl/N-ethyl adjacent to an activating group) is 2. The van der Waals surface area contributed by atoms with Crippen molar-refractivity contribution in [2.45, 2.75) is 144 Å². The van der Waals surface area contributed by atoms with E-state index >= 15 is 0 Å². The van der Waals surface area contributed by atoms with Crippen LogP contribution in [0.3, 0.4) is 0 Å². The molecule has 0 heterocycles. The highest BCUT2D eigenvalue weighted by atomic mass is 16.6. The van der Waals surface area contributed by atoms with Crippen molar-refractivity contribution in [3.05, 3.63) is 71.8 Å². The number of aliphatic carboxylic acids is 1. The quantitative estimate of drug-likeness (QED) is 0.127. The van der Waals surface area contributed by atoms with Gasteiger partial charge >= 0.3 is 36.1 Å². The second-order valence-corrected chi connectivity index (χ2v) is 15.1. The first-order chi connectivity index (χ1) is 44.4. The Morgan fingerprint density at radius 2 is 1.02 bits per heavy atom. The number of benzene rings is 2. The zero-order valence-corrected chi connectivity index (χ0v) is 35.6. The third-order valence-electron chi connectivity index (χ3n) is 7.39. The minimum Gasteiger partial charge on any atom is -0.480 e. The minimum absolute atomic E-state index is 0. The van der Waals surface area contributed by atoms with Crippen molar-refractivity contribution in [2.75, 3.05) is 14.1 Å². The van der Waals surface area contributed by atoms with E-state index < -0.39 is 71.6 Å². The molecule has 0 aliphatic carbocycles. The molecule has 2 aromatic rings. The molecule has 4 atom stereocenters. The molecule has 2 amide bonds. The van der Waals surface area contributed by atoms with E-state index in [1.165, 1.54) is 32.8 Å². The number of aliphatic hydroxyl groups is 1. The number of amides is 2. The SMILES string of the molecule is CCC[C@@H](C(=O)O)N(C)C(=O)OC(C)(C)C.CCC[C@@H](C(=O)O[C@H](C)C(=O)OCc1ccccc1)N(C)C(=O)OC(C)(C)C.C[C@H](O)C(=O)OCc1ccccc1.[2HH].[2H][2H].[2H][2H].[2H][2H].[2H][2H].[2H][2H].[2H][2H].[2H][2H].[2H][2H].[2H][2H].[2H][2H].[2H][2H].[2H][2H].[2H][2H].[2H][2H].[2H][2H].[2H][2H].[2H][2H].[2H][2H]. The molecule has 2 rings (SSSR count). The Morgan fingerprint density at radius 1 is 0.649 bits per heavy atom. The number of carbonyl (C=O) groups excluding carboxylic acids is 5.